The van der Waals surface area contributed by atoms with Crippen molar-refractivity contribution in [3.05, 3.63) is 70.1 Å². The maximum absolute atomic E-state index is 12.8. The Kier molecular flexibility index (Phi) is 5.76. The number of ether oxygens (including phenoxy) is 1. The third-order valence-corrected chi connectivity index (χ3v) is 6.23. The Morgan fingerprint density at radius 1 is 1.21 bits per heavy atom. The van der Waals surface area contributed by atoms with Gasteiger partial charge in [-0.25, -0.2) is 9.78 Å². The first-order valence-corrected chi connectivity index (χ1v) is 10.6. The molecule has 0 bridgehead atoms. The van der Waals surface area contributed by atoms with E-state index in [1.165, 1.54) is 16.2 Å². The van der Waals surface area contributed by atoms with Crippen LogP contribution in [0, 0.1) is 0 Å². The zero-order valence-electron chi connectivity index (χ0n) is 16.3. The first kappa shape index (κ1) is 19.4. The quantitative estimate of drug-likeness (QED) is 0.616. The second kappa shape index (κ2) is 8.61. The lowest BCUT2D eigenvalue weighted by molar-refractivity contribution is 0.0526. The van der Waals surface area contributed by atoms with Gasteiger partial charge in [0.1, 0.15) is 5.00 Å². The molecule has 4 rings (SSSR count). The van der Waals surface area contributed by atoms with E-state index in [-0.39, 0.29) is 11.9 Å². The predicted molar refractivity (Wildman–Crippen MR) is 113 cm³/mol. The van der Waals surface area contributed by atoms with Crippen molar-refractivity contribution in [3.8, 4) is 0 Å². The number of aryl methyl sites for hydroxylation is 1. The average Bonchev–Trinajstić information content (AvgIpc) is 3.36. The molecule has 2 aromatic heterocycles. The summed E-state index contributed by atoms with van der Waals surface area (Å²) in [5, 5.41) is 3.55. The Hall–Kier alpha value is -2.93. The van der Waals surface area contributed by atoms with Crippen LogP contribution in [0.2, 0.25) is 0 Å². The highest BCUT2D eigenvalue weighted by molar-refractivity contribution is 7.17. The molecular weight excluding hydrogens is 386 g/mol. The number of rotatable bonds is 6. The molecule has 150 valence electrons. The number of carbonyl (C=O) groups is 2. The minimum absolute atomic E-state index is 0.219. The van der Waals surface area contributed by atoms with E-state index in [9.17, 15) is 9.59 Å². The fraction of sp³-hybridized carbons (Fsp3) is 0.318. The third-order valence-electron chi connectivity index (χ3n) is 5.02. The summed E-state index contributed by atoms with van der Waals surface area (Å²) in [6.45, 7) is 2.81. The molecule has 0 radical (unpaired) electrons. The van der Waals surface area contributed by atoms with Crippen LogP contribution >= 0.6 is 11.3 Å². The van der Waals surface area contributed by atoms with Gasteiger partial charge in [-0.05, 0) is 55.9 Å². The molecule has 0 atom stereocenters. The van der Waals surface area contributed by atoms with Gasteiger partial charge in [0.05, 0.1) is 18.5 Å². The molecule has 0 saturated heterocycles. The van der Waals surface area contributed by atoms with Crippen LogP contribution in [0.1, 0.15) is 56.5 Å². The van der Waals surface area contributed by atoms with Gasteiger partial charge in [0.15, 0.2) is 0 Å². The van der Waals surface area contributed by atoms with E-state index in [4.69, 9.17) is 4.74 Å². The summed E-state index contributed by atoms with van der Waals surface area (Å²) in [7, 11) is 0. The largest absolute Gasteiger partial charge is 0.462 e. The summed E-state index contributed by atoms with van der Waals surface area (Å²) >= 11 is 1.50. The predicted octanol–water partition coefficient (Wildman–Crippen LogP) is 4.30. The monoisotopic (exact) mass is 409 g/mol. The molecule has 0 unspecified atom stereocenters. The van der Waals surface area contributed by atoms with E-state index in [1.54, 1.807) is 31.6 Å². The number of fused-ring (bicyclic) bond motifs is 1. The lowest BCUT2D eigenvalue weighted by Crippen LogP contribution is -2.15. The fourth-order valence-corrected chi connectivity index (χ4v) is 4.87. The number of hydrogen-bond donors (Lipinski definition) is 1. The summed E-state index contributed by atoms with van der Waals surface area (Å²) in [6, 6.07) is 7.47. The molecule has 1 N–H and O–H groups in total. The Bertz CT molecular complexity index is 1010. The van der Waals surface area contributed by atoms with E-state index in [0.29, 0.717) is 29.3 Å². The molecule has 0 saturated carbocycles. The second-order valence-electron chi connectivity index (χ2n) is 7.02. The van der Waals surface area contributed by atoms with Gasteiger partial charge in [0.2, 0.25) is 0 Å². The number of nitrogens with zero attached hydrogens (tertiary/aromatic N) is 2. The Balaban J connectivity index is 1.53. The first-order chi connectivity index (χ1) is 14.2. The van der Waals surface area contributed by atoms with Gasteiger partial charge < -0.3 is 14.6 Å². The van der Waals surface area contributed by atoms with Crippen molar-refractivity contribution >= 4 is 28.2 Å². The first-order valence-electron chi connectivity index (χ1n) is 9.83. The summed E-state index contributed by atoms with van der Waals surface area (Å²) in [5.74, 6) is -0.568. The van der Waals surface area contributed by atoms with E-state index in [0.717, 1.165) is 36.8 Å². The molecule has 1 aromatic carbocycles. The highest BCUT2D eigenvalue weighted by Crippen LogP contribution is 2.38. The number of thiophene rings is 1. The highest BCUT2D eigenvalue weighted by Gasteiger charge is 2.27. The van der Waals surface area contributed by atoms with E-state index in [1.807, 2.05) is 22.9 Å². The van der Waals surface area contributed by atoms with Crippen molar-refractivity contribution in [1.82, 2.24) is 9.55 Å². The number of carbonyl (C=O) groups excluding carboxylic acids is 2. The van der Waals surface area contributed by atoms with Crippen molar-refractivity contribution < 1.29 is 14.3 Å². The zero-order chi connectivity index (χ0) is 20.2. The summed E-state index contributed by atoms with van der Waals surface area (Å²) in [6.07, 6.45) is 9.38. The molecule has 7 heteroatoms. The lowest BCUT2D eigenvalue weighted by atomic mass is 9.95. The van der Waals surface area contributed by atoms with Gasteiger partial charge in [-0.3, -0.25) is 4.79 Å². The van der Waals surface area contributed by atoms with Crippen LogP contribution in [0.25, 0.3) is 0 Å². The fourth-order valence-electron chi connectivity index (χ4n) is 3.60. The molecule has 3 aromatic rings. The molecule has 0 fully saturated rings. The third kappa shape index (κ3) is 4.24. The topological polar surface area (TPSA) is 73.2 Å². The molecule has 0 spiro atoms. The van der Waals surface area contributed by atoms with Gasteiger partial charge >= 0.3 is 5.97 Å². The van der Waals surface area contributed by atoms with Crippen molar-refractivity contribution in [3.63, 3.8) is 0 Å². The number of imidazole rings is 1. The zero-order valence-corrected chi connectivity index (χ0v) is 17.1. The van der Waals surface area contributed by atoms with Crippen LogP contribution in [0.5, 0.6) is 0 Å². The number of benzene rings is 1. The SMILES string of the molecule is CCOC(=O)c1c(NC(=O)c2ccc(Cn3ccnc3)cc2)sc2c1CCCC2. The number of amides is 1. The van der Waals surface area contributed by atoms with E-state index < -0.39 is 0 Å². The standard InChI is InChI=1S/C22H23N3O3S/c1-2-28-22(27)19-17-5-3-4-6-18(17)29-21(19)24-20(26)16-9-7-15(8-10-16)13-25-12-11-23-14-25/h7-12,14H,2-6,13H2,1H3,(H,24,26). The Morgan fingerprint density at radius 3 is 2.72 bits per heavy atom. The number of nitrogens with one attached hydrogen (secondary N) is 1. The van der Waals surface area contributed by atoms with Crippen LogP contribution in [-0.4, -0.2) is 28.0 Å². The number of aromatic nitrogens is 2. The smallest absolute Gasteiger partial charge is 0.341 e. The number of anilines is 1. The molecule has 2 heterocycles. The molecule has 6 nitrogen and oxygen atoms in total. The average molecular weight is 410 g/mol. The molecule has 0 aliphatic heterocycles. The molecule has 1 aliphatic rings. The van der Waals surface area contributed by atoms with E-state index in [2.05, 4.69) is 10.3 Å². The second-order valence-corrected chi connectivity index (χ2v) is 8.13. The maximum atomic E-state index is 12.8. The minimum Gasteiger partial charge on any atom is -0.462 e. The summed E-state index contributed by atoms with van der Waals surface area (Å²) in [5.41, 5.74) is 3.22. The minimum atomic E-state index is -0.349. The summed E-state index contributed by atoms with van der Waals surface area (Å²) < 4.78 is 7.22. The number of hydrogen-bond acceptors (Lipinski definition) is 5. The molecular formula is C22H23N3O3S. The van der Waals surface area contributed by atoms with E-state index >= 15 is 0 Å². The Morgan fingerprint density at radius 2 is 2.00 bits per heavy atom. The summed E-state index contributed by atoms with van der Waals surface area (Å²) in [4.78, 5) is 30.6. The van der Waals surface area contributed by atoms with Crippen LogP contribution < -0.4 is 5.32 Å². The normalized spacial score (nSPS) is 13.0. The van der Waals surface area contributed by atoms with Crippen molar-refractivity contribution in [2.75, 3.05) is 11.9 Å². The molecule has 1 amide bonds. The van der Waals surface area contributed by atoms with Crippen LogP contribution in [-0.2, 0) is 24.1 Å². The van der Waals surface area contributed by atoms with Gasteiger partial charge in [0.25, 0.3) is 5.91 Å². The van der Waals surface area contributed by atoms with Crippen molar-refractivity contribution in [2.45, 2.75) is 39.2 Å². The lowest BCUT2D eigenvalue weighted by Gasteiger charge is -2.12. The van der Waals surface area contributed by atoms with Gasteiger partial charge in [-0.1, -0.05) is 12.1 Å². The van der Waals surface area contributed by atoms with Crippen molar-refractivity contribution in [2.24, 2.45) is 0 Å². The van der Waals surface area contributed by atoms with Gasteiger partial charge in [0, 0.05) is 29.4 Å². The maximum Gasteiger partial charge on any atom is 0.341 e. The van der Waals surface area contributed by atoms with Gasteiger partial charge in [-0.2, -0.15) is 0 Å². The van der Waals surface area contributed by atoms with Crippen LogP contribution in [0.15, 0.2) is 43.0 Å². The van der Waals surface area contributed by atoms with Crippen LogP contribution in [0.3, 0.4) is 0 Å². The highest BCUT2D eigenvalue weighted by atomic mass is 32.1. The van der Waals surface area contributed by atoms with Gasteiger partial charge in [-0.15, -0.1) is 11.3 Å². The van der Waals surface area contributed by atoms with Crippen molar-refractivity contribution in [1.29, 1.82) is 0 Å². The molecule has 29 heavy (non-hydrogen) atoms. The van der Waals surface area contributed by atoms with Crippen LogP contribution in [0.4, 0.5) is 5.00 Å². The molecule has 1 aliphatic carbocycles. The number of esters is 1. The Labute approximate surface area is 173 Å².